The Morgan fingerprint density at radius 1 is 1.35 bits per heavy atom. The van der Waals surface area contributed by atoms with E-state index in [9.17, 15) is 13.2 Å². The maximum Gasteiger partial charge on any atom is 0.407 e. The van der Waals surface area contributed by atoms with Gasteiger partial charge in [-0.15, -0.1) is 0 Å². The molecule has 1 aliphatic heterocycles. The highest BCUT2D eigenvalue weighted by atomic mass is 19.4. The fraction of sp³-hybridized carbons (Fsp3) is 0.462. The number of nitrogens with two attached hydrogens (primary N) is 1. The maximum atomic E-state index is 13.1. The van der Waals surface area contributed by atoms with Gasteiger partial charge in [-0.3, -0.25) is 10.7 Å². The molecule has 0 saturated carbocycles. The third-order valence-corrected chi connectivity index (χ3v) is 3.36. The van der Waals surface area contributed by atoms with Gasteiger partial charge in [0.1, 0.15) is 6.04 Å². The van der Waals surface area contributed by atoms with Crippen molar-refractivity contribution in [3.63, 3.8) is 0 Å². The lowest BCUT2D eigenvalue weighted by molar-refractivity contribution is -0.161. The highest BCUT2D eigenvalue weighted by molar-refractivity contribution is 5.75. The Kier molecular flexibility index (Phi) is 3.89. The molecule has 1 saturated heterocycles. The Morgan fingerprint density at radius 2 is 1.90 bits per heavy atom. The van der Waals surface area contributed by atoms with Crippen LogP contribution in [0.4, 0.5) is 13.2 Å². The summed E-state index contributed by atoms with van der Waals surface area (Å²) in [5.74, 6) is -0.109. The zero-order chi connectivity index (χ0) is 14.9. The number of nitrogens with one attached hydrogen (secondary N) is 2. The van der Waals surface area contributed by atoms with E-state index >= 15 is 0 Å². The van der Waals surface area contributed by atoms with Crippen molar-refractivity contribution >= 4 is 5.96 Å². The molecule has 7 heteroatoms. The lowest BCUT2D eigenvalue weighted by Crippen LogP contribution is -2.62. The molecule has 0 amide bonds. The Labute approximate surface area is 115 Å². The molecular formula is C13H17F3N4. The van der Waals surface area contributed by atoms with Crippen molar-refractivity contribution in [1.82, 2.24) is 10.2 Å². The minimum absolute atomic E-state index is 0.109. The molecule has 20 heavy (non-hydrogen) atoms. The number of guanidine groups is 1. The molecule has 0 spiro atoms. The van der Waals surface area contributed by atoms with Crippen molar-refractivity contribution in [3.05, 3.63) is 35.4 Å². The van der Waals surface area contributed by atoms with E-state index in [2.05, 4.69) is 5.32 Å². The van der Waals surface area contributed by atoms with E-state index in [1.807, 2.05) is 6.92 Å². The summed E-state index contributed by atoms with van der Waals surface area (Å²) in [7, 11) is 0. The van der Waals surface area contributed by atoms with Gasteiger partial charge < -0.3 is 10.6 Å². The van der Waals surface area contributed by atoms with Crippen LogP contribution in [0.3, 0.4) is 0 Å². The van der Waals surface area contributed by atoms with Gasteiger partial charge in [0.05, 0.1) is 0 Å². The van der Waals surface area contributed by atoms with Crippen molar-refractivity contribution < 1.29 is 13.2 Å². The van der Waals surface area contributed by atoms with Gasteiger partial charge in [-0.25, -0.2) is 0 Å². The van der Waals surface area contributed by atoms with Gasteiger partial charge >= 0.3 is 6.18 Å². The monoisotopic (exact) mass is 286 g/mol. The molecule has 0 aliphatic carbocycles. The van der Waals surface area contributed by atoms with E-state index in [1.165, 1.54) is 17.0 Å². The van der Waals surface area contributed by atoms with Gasteiger partial charge in [0.15, 0.2) is 5.96 Å². The van der Waals surface area contributed by atoms with Crippen LogP contribution in [-0.2, 0) is 0 Å². The topological polar surface area (TPSA) is 65.1 Å². The first kappa shape index (κ1) is 14.6. The number of hydrogen-bond donors (Lipinski definition) is 3. The number of nitrogens with zero attached hydrogens (tertiary/aromatic N) is 1. The molecule has 4 N–H and O–H groups in total. The number of halogens is 3. The second-order valence-corrected chi connectivity index (χ2v) is 5.04. The second-order valence-electron chi connectivity index (χ2n) is 5.04. The van der Waals surface area contributed by atoms with Crippen LogP contribution in [0.15, 0.2) is 24.3 Å². The Morgan fingerprint density at radius 3 is 2.35 bits per heavy atom. The maximum absolute atomic E-state index is 13.1. The molecule has 110 valence electrons. The van der Waals surface area contributed by atoms with Gasteiger partial charge in [0.2, 0.25) is 0 Å². The van der Waals surface area contributed by atoms with Gasteiger partial charge in [0, 0.05) is 19.1 Å². The average molecular weight is 286 g/mol. The molecule has 0 aromatic heterocycles. The fourth-order valence-corrected chi connectivity index (χ4v) is 2.15. The Hall–Kier alpha value is -1.76. The van der Waals surface area contributed by atoms with E-state index < -0.39 is 12.2 Å². The van der Waals surface area contributed by atoms with Crippen LogP contribution in [0.2, 0.25) is 0 Å². The normalized spacial score (nSPS) is 17.7. The van der Waals surface area contributed by atoms with Crippen LogP contribution in [-0.4, -0.2) is 36.2 Å². The van der Waals surface area contributed by atoms with Crippen LogP contribution in [0.25, 0.3) is 0 Å². The van der Waals surface area contributed by atoms with Gasteiger partial charge in [-0.2, -0.15) is 13.2 Å². The average Bonchev–Trinajstić information content (AvgIpc) is 2.27. The summed E-state index contributed by atoms with van der Waals surface area (Å²) in [6.07, 6.45) is -4.36. The molecule has 1 unspecified atom stereocenters. The Balaban J connectivity index is 2.06. The van der Waals surface area contributed by atoms with Crippen LogP contribution in [0.1, 0.15) is 17.2 Å². The van der Waals surface area contributed by atoms with Crippen LogP contribution in [0, 0.1) is 12.3 Å². The molecule has 0 radical (unpaired) electrons. The molecule has 1 fully saturated rings. The van der Waals surface area contributed by atoms with Crippen molar-refractivity contribution in [1.29, 1.82) is 5.41 Å². The van der Waals surface area contributed by atoms with Gasteiger partial charge in [0.25, 0.3) is 0 Å². The number of aryl methyl sites for hydroxylation is 1. The predicted molar refractivity (Wildman–Crippen MR) is 70.4 cm³/mol. The van der Waals surface area contributed by atoms with Crippen molar-refractivity contribution in [2.75, 3.05) is 13.1 Å². The molecule has 4 nitrogen and oxygen atoms in total. The molecule has 0 bridgehead atoms. The minimum atomic E-state index is -4.36. The fourth-order valence-electron chi connectivity index (χ4n) is 2.15. The zero-order valence-electron chi connectivity index (χ0n) is 11.0. The van der Waals surface area contributed by atoms with Crippen LogP contribution >= 0.6 is 0 Å². The van der Waals surface area contributed by atoms with E-state index in [-0.39, 0.29) is 17.6 Å². The highest BCUT2D eigenvalue weighted by Gasteiger charge is 2.43. The molecule has 1 heterocycles. The van der Waals surface area contributed by atoms with Crippen molar-refractivity contribution in [3.8, 4) is 0 Å². The Bertz CT molecular complexity index is 477. The van der Waals surface area contributed by atoms with E-state index in [1.54, 1.807) is 12.1 Å². The van der Waals surface area contributed by atoms with E-state index in [0.717, 1.165) is 5.56 Å². The number of likely N-dealkylation sites (tertiary alicyclic amines) is 1. The predicted octanol–water partition coefficient (Wildman–Crippen LogP) is 1.77. The first-order valence-corrected chi connectivity index (χ1v) is 6.25. The largest absolute Gasteiger partial charge is 0.407 e. The third-order valence-electron chi connectivity index (χ3n) is 3.36. The first-order chi connectivity index (χ1) is 9.27. The summed E-state index contributed by atoms with van der Waals surface area (Å²) in [5.41, 5.74) is 6.38. The van der Waals surface area contributed by atoms with Gasteiger partial charge in [-0.1, -0.05) is 29.8 Å². The molecular weight excluding hydrogens is 269 g/mol. The summed E-state index contributed by atoms with van der Waals surface area (Å²) in [4.78, 5) is 1.51. The molecule has 1 atom stereocenters. The molecule has 1 aliphatic rings. The zero-order valence-corrected chi connectivity index (χ0v) is 11.0. The number of benzene rings is 1. The van der Waals surface area contributed by atoms with Crippen molar-refractivity contribution in [2.24, 2.45) is 5.73 Å². The quantitative estimate of drug-likeness (QED) is 0.586. The third kappa shape index (κ3) is 3.22. The first-order valence-electron chi connectivity index (χ1n) is 6.25. The van der Waals surface area contributed by atoms with Crippen molar-refractivity contribution in [2.45, 2.75) is 25.2 Å². The summed E-state index contributed by atoms with van der Waals surface area (Å²) in [6.45, 7) is 2.48. The lowest BCUT2D eigenvalue weighted by atomic mass is 10.0. The summed E-state index contributed by atoms with van der Waals surface area (Å²) < 4.78 is 39.4. The second kappa shape index (κ2) is 5.32. The number of hydrogen-bond acceptors (Lipinski definition) is 2. The van der Waals surface area contributed by atoms with Crippen LogP contribution in [0.5, 0.6) is 0 Å². The SMILES string of the molecule is Cc1ccc(C(NC2CN(C(=N)N)C2)C(F)(F)F)cc1. The lowest BCUT2D eigenvalue weighted by Gasteiger charge is -2.42. The number of rotatable bonds is 3. The molecule has 2 rings (SSSR count). The summed E-state index contributed by atoms with van der Waals surface area (Å²) in [5, 5.41) is 9.78. The summed E-state index contributed by atoms with van der Waals surface area (Å²) >= 11 is 0. The minimum Gasteiger partial charge on any atom is -0.370 e. The van der Waals surface area contributed by atoms with E-state index in [4.69, 9.17) is 11.1 Å². The standard InChI is InChI=1S/C13H17F3N4/c1-8-2-4-9(5-3-8)11(13(14,15)16)19-10-6-20(7-10)12(17)18/h2-5,10-11,19H,6-7H2,1H3,(H3,17,18). The summed E-state index contributed by atoms with van der Waals surface area (Å²) in [6, 6.07) is 4.30. The number of alkyl halides is 3. The van der Waals surface area contributed by atoms with E-state index in [0.29, 0.717) is 13.1 Å². The van der Waals surface area contributed by atoms with Gasteiger partial charge in [-0.05, 0) is 12.5 Å². The van der Waals surface area contributed by atoms with Crippen LogP contribution < -0.4 is 11.1 Å². The molecule has 1 aromatic rings. The highest BCUT2D eigenvalue weighted by Crippen LogP contribution is 2.33. The smallest absolute Gasteiger partial charge is 0.370 e. The molecule has 1 aromatic carbocycles.